The van der Waals surface area contributed by atoms with Crippen molar-refractivity contribution in [3.8, 4) is 33.4 Å². The molecule has 0 radical (unpaired) electrons. The Morgan fingerprint density at radius 2 is 0.982 bits per heavy atom. The molecule has 0 atom stereocenters. The highest BCUT2D eigenvalue weighted by molar-refractivity contribution is 7.26. The first-order valence-corrected chi connectivity index (χ1v) is 19.5. The van der Waals surface area contributed by atoms with E-state index in [1.165, 1.54) is 42.1 Å². The van der Waals surface area contributed by atoms with Crippen molar-refractivity contribution in [1.29, 1.82) is 0 Å². The van der Waals surface area contributed by atoms with E-state index in [4.69, 9.17) is 4.42 Å². The number of rotatable bonds is 6. The van der Waals surface area contributed by atoms with Gasteiger partial charge >= 0.3 is 0 Å². The molecule has 2 aromatic heterocycles. The lowest BCUT2D eigenvalue weighted by molar-refractivity contribution is 0.670. The lowest BCUT2D eigenvalue weighted by Gasteiger charge is -2.26. The predicted molar refractivity (Wildman–Crippen MR) is 235 cm³/mol. The Morgan fingerprint density at radius 3 is 1.80 bits per heavy atom. The molecule has 3 heteroatoms. The lowest BCUT2D eigenvalue weighted by atomic mass is 10.00. The summed E-state index contributed by atoms with van der Waals surface area (Å²) in [6.07, 6.45) is 0. The molecular formula is C52H33NOS. The largest absolute Gasteiger partial charge is 0.455 e. The normalized spacial score (nSPS) is 11.6. The molecule has 55 heavy (non-hydrogen) atoms. The Bertz CT molecular complexity index is 3190. The van der Waals surface area contributed by atoms with Crippen molar-refractivity contribution >= 4 is 81.3 Å². The smallest absolute Gasteiger partial charge is 0.143 e. The van der Waals surface area contributed by atoms with Crippen molar-refractivity contribution in [2.45, 2.75) is 0 Å². The monoisotopic (exact) mass is 719 g/mol. The molecule has 0 amide bonds. The second kappa shape index (κ2) is 12.9. The van der Waals surface area contributed by atoms with Crippen LogP contribution in [0.15, 0.2) is 205 Å². The van der Waals surface area contributed by atoms with E-state index in [-0.39, 0.29) is 0 Å². The summed E-state index contributed by atoms with van der Waals surface area (Å²) in [4.78, 5) is 2.36. The maximum Gasteiger partial charge on any atom is 0.143 e. The minimum Gasteiger partial charge on any atom is -0.455 e. The highest BCUT2D eigenvalue weighted by Gasteiger charge is 2.17. The molecule has 0 fully saturated rings. The van der Waals surface area contributed by atoms with Crippen LogP contribution < -0.4 is 4.90 Å². The van der Waals surface area contributed by atoms with Gasteiger partial charge in [0.25, 0.3) is 0 Å². The van der Waals surface area contributed by atoms with Gasteiger partial charge in [0.2, 0.25) is 0 Å². The maximum absolute atomic E-state index is 6.47. The van der Waals surface area contributed by atoms with Crippen molar-refractivity contribution in [3.63, 3.8) is 0 Å². The molecule has 0 saturated heterocycles. The number of thiophene rings is 1. The van der Waals surface area contributed by atoms with E-state index in [0.717, 1.165) is 61.3 Å². The van der Waals surface area contributed by atoms with Gasteiger partial charge < -0.3 is 9.32 Å². The van der Waals surface area contributed by atoms with E-state index in [1.54, 1.807) is 0 Å². The van der Waals surface area contributed by atoms with E-state index in [0.29, 0.717) is 0 Å². The third kappa shape index (κ3) is 5.40. The molecule has 9 aromatic carbocycles. The molecular weight excluding hydrogens is 687 g/mol. The lowest BCUT2D eigenvalue weighted by Crippen LogP contribution is -2.09. The van der Waals surface area contributed by atoms with Crippen LogP contribution in [0.2, 0.25) is 0 Å². The number of nitrogens with zero attached hydrogens (tertiary/aromatic N) is 1. The molecule has 2 nitrogen and oxygen atoms in total. The zero-order valence-electron chi connectivity index (χ0n) is 29.8. The molecule has 0 bridgehead atoms. The molecule has 11 rings (SSSR count). The Balaban J connectivity index is 0.981. The van der Waals surface area contributed by atoms with Gasteiger partial charge in [-0.2, -0.15) is 0 Å². The minimum absolute atomic E-state index is 0.897. The Labute approximate surface area is 322 Å². The summed E-state index contributed by atoms with van der Waals surface area (Å²) >= 11 is 1.87. The van der Waals surface area contributed by atoms with E-state index in [1.807, 2.05) is 17.4 Å². The fourth-order valence-electron chi connectivity index (χ4n) is 8.15. The first kappa shape index (κ1) is 31.6. The molecule has 0 saturated carbocycles. The first-order chi connectivity index (χ1) is 27.2. The van der Waals surface area contributed by atoms with Crippen LogP contribution in [0, 0.1) is 0 Å². The van der Waals surface area contributed by atoms with Crippen LogP contribution in [-0.4, -0.2) is 0 Å². The average Bonchev–Trinajstić information content (AvgIpc) is 3.83. The molecule has 2 heterocycles. The fraction of sp³-hybridized carbons (Fsp3) is 0. The van der Waals surface area contributed by atoms with Crippen LogP contribution in [-0.2, 0) is 0 Å². The van der Waals surface area contributed by atoms with Gasteiger partial charge in [0, 0.05) is 53.6 Å². The highest BCUT2D eigenvalue weighted by atomic mass is 32.1. The van der Waals surface area contributed by atoms with Gasteiger partial charge in [-0.05, 0) is 93.2 Å². The minimum atomic E-state index is 0.897. The van der Waals surface area contributed by atoms with E-state index < -0.39 is 0 Å². The average molecular weight is 720 g/mol. The van der Waals surface area contributed by atoms with Gasteiger partial charge in [-0.15, -0.1) is 11.3 Å². The number of benzene rings is 9. The Hall–Kier alpha value is -6.94. The third-order valence-electron chi connectivity index (χ3n) is 10.9. The summed E-state index contributed by atoms with van der Waals surface area (Å²) in [5.41, 5.74) is 12.2. The zero-order chi connectivity index (χ0) is 36.3. The standard InChI is InChI=1S/C52H33NOS/c1-2-11-36(12-3-1)43-15-8-17-46-48-33-39(25-31-49(48)54-51(43)46)35-20-26-40(27-21-35)53(42-30-22-34-10-4-5-13-38(34)32-42)41-28-23-37(24-29-41)44-16-9-18-47-45-14-6-7-19-50(45)55-52(44)47/h1-33H. The number of hydrogen-bond acceptors (Lipinski definition) is 3. The van der Waals surface area contributed by atoms with Gasteiger partial charge in [0.1, 0.15) is 11.2 Å². The summed E-state index contributed by atoms with van der Waals surface area (Å²) < 4.78 is 9.13. The Morgan fingerprint density at radius 1 is 0.364 bits per heavy atom. The van der Waals surface area contributed by atoms with Crippen molar-refractivity contribution in [2.75, 3.05) is 4.90 Å². The topological polar surface area (TPSA) is 16.4 Å². The van der Waals surface area contributed by atoms with Gasteiger partial charge in [0.15, 0.2) is 0 Å². The highest BCUT2D eigenvalue weighted by Crippen LogP contribution is 2.43. The van der Waals surface area contributed by atoms with E-state index in [9.17, 15) is 0 Å². The van der Waals surface area contributed by atoms with Crippen LogP contribution in [0.3, 0.4) is 0 Å². The number of anilines is 3. The molecule has 0 aliphatic carbocycles. The van der Waals surface area contributed by atoms with E-state index >= 15 is 0 Å². The molecule has 0 unspecified atom stereocenters. The first-order valence-electron chi connectivity index (χ1n) is 18.7. The number of para-hydroxylation sites is 1. The summed E-state index contributed by atoms with van der Waals surface area (Å²) in [5.74, 6) is 0. The second-order valence-electron chi connectivity index (χ2n) is 14.1. The summed E-state index contributed by atoms with van der Waals surface area (Å²) in [7, 11) is 0. The third-order valence-corrected chi connectivity index (χ3v) is 12.1. The quantitative estimate of drug-likeness (QED) is 0.170. The van der Waals surface area contributed by atoms with Crippen LogP contribution in [0.4, 0.5) is 17.1 Å². The van der Waals surface area contributed by atoms with Crippen LogP contribution in [0.1, 0.15) is 0 Å². The molecule has 0 aliphatic heterocycles. The van der Waals surface area contributed by atoms with Gasteiger partial charge in [-0.25, -0.2) is 0 Å². The van der Waals surface area contributed by atoms with Crippen molar-refractivity contribution in [3.05, 3.63) is 200 Å². The maximum atomic E-state index is 6.47. The SMILES string of the molecule is c1ccc(-c2cccc3c2oc2ccc(-c4ccc(N(c5ccc(-c6cccc7c6sc6ccccc67)cc5)c5ccc6ccccc6c5)cc4)cc23)cc1. The molecule has 0 aliphatic rings. The summed E-state index contributed by atoms with van der Waals surface area (Å²) in [5, 5.41) is 7.33. The van der Waals surface area contributed by atoms with Gasteiger partial charge in [0.05, 0.1) is 0 Å². The van der Waals surface area contributed by atoms with Crippen molar-refractivity contribution < 1.29 is 4.42 Å². The molecule has 258 valence electrons. The predicted octanol–water partition coefficient (Wildman–Crippen LogP) is 15.6. The van der Waals surface area contributed by atoms with Gasteiger partial charge in [-0.3, -0.25) is 0 Å². The van der Waals surface area contributed by atoms with Crippen LogP contribution in [0.25, 0.3) is 86.3 Å². The number of furan rings is 1. The molecule has 0 spiro atoms. The van der Waals surface area contributed by atoms with Gasteiger partial charge in [-0.1, -0.05) is 146 Å². The van der Waals surface area contributed by atoms with Crippen molar-refractivity contribution in [1.82, 2.24) is 0 Å². The Kier molecular flexibility index (Phi) is 7.39. The second-order valence-corrected chi connectivity index (χ2v) is 15.2. The summed E-state index contributed by atoms with van der Waals surface area (Å²) in [6, 6.07) is 72.1. The van der Waals surface area contributed by atoms with Crippen molar-refractivity contribution in [2.24, 2.45) is 0 Å². The number of hydrogen-bond donors (Lipinski definition) is 0. The summed E-state index contributed by atoms with van der Waals surface area (Å²) in [6.45, 7) is 0. The van der Waals surface area contributed by atoms with E-state index in [2.05, 4.69) is 199 Å². The number of fused-ring (bicyclic) bond motifs is 7. The van der Waals surface area contributed by atoms with Crippen LogP contribution >= 0.6 is 11.3 Å². The van der Waals surface area contributed by atoms with Crippen LogP contribution in [0.5, 0.6) is 0 Å². The molecule has 11 aromatic rings. The zero-order valence-corrected chi connectivity index (χ0v) is 30.6. The fourth-order valence-corrected chi connectivity index (χ4v) is 9.39. The molecule has 0 N–H and O–H groups in total.